The van der Waals surface area contributed by atoms with E-state index in [0.29, 0.717) is 13.4 Å². The van der Waals surface area contributed by atoms with Gasteiger partial charge in [0, 0.05) is 0 Å². The van der Waals surface area contributed by atoms with E-state index in [2.05, 4.69) is 46.0 Å². The lowest BCUT2D eigenvalue weighted by molar-refractivity contribution is 0.174. The monoisotopic (exact) mass is 292 g/mol. The van der Waals surface area contributed by atoms with Crippen LogP contribution in [0.1, 0.15) is 26.3 Å². The Hall–Kier alpha value is -1.26. The van der Waals surface area contributed by atoms with Crippen molar-refractivity contribution in [2.75, 3.05) is 13.4 Å². The number of hydrogen-bond acceptors (Lipinski definition) is 3. The maximum absolute atomic E-state index is 6.10. The summed E-state index contributed by atoms with van der Waals surface area (Å²) >= 11 is 0. The summed E-state index contributed by atoms with van der Waals surface area (Å²) in [5, 5.41) is 0.250. The smallest absolute Gasteiger partial charge is 0.231 e. The van der Waals surface area contributed by atoms with Crippen LogP contribution < -0.4 is 9.47 Å². The predicted octanol–water partition coefficient (Wildman–Crippen LogP) is 4.45. The van der Waals surface area contributed by atoms with Crippen molar-refractivity contribution in [2.24, 2.45) is 0 Å². The van der Waals surface area contributed by atoms with Crippen LogP contribution in [0.3, 0.4) is 0 Å². The van der Waals surface area contributed by atoms with Gasteiger partial charge in [-0.15, -0.1) is 0 Å². The Kier molecular flexibility index (Phi) is 4.25. The van der Waals surface area contributed by atoms with Gasteiger partial charge >= 0.3 is 0 Å². The number of benzene rings is 1. The van der Waals surface area contributed by atoms with Gasteiger partial charge in [0.25, 0.3) is 0 Å². The van der Waals surface area contributed by atoms with Crippen molar-refractivity contribution in [3.63, 3.8) is 0 Å². The van der Waals surface area contributed by atoms with Crippen LogP contribution in [0, 0.1) is 0 Å². The first-order valence-corrected chi connectivity index (χ1v) is 9.90. The van der Waals surface area contributed by atoms with Gasteiger partial charge in [0.2, 0.25) is 6.79 Å². The third-order valence-electron chi connectivity index (χ3n) is 4.05. The molecule has 0 atom stereocenters. The van der Waals surface area contributed by atoms with Crippen molar-refractivity contribution < 1.29 is 13.9 Å². The van der Waals surface area contributed by atoms with E-state index in [-0.39, 0.29) is 5.04 Å². The van der Waals surface area contributed by atoms with E-state index in [4.69, 9.17) is 13.9 Å². The van der Waals surface area contributed by atoms with Crippen LogP contribution in [0.25, 0.3) is 6.08 Å². The molecule has 1 aliphatic heterocycles. The summed E-state index contributed by atoms with van der Waals surface area (Å²) < 4.78 is 16.8. The molecule has 0 aromatic heterocycles. The fourth-order valence-corrected chi connectivity index (χ4v) is 2.62. The lowest BCUT2D eigenvalue weighted by Gasteiger charge is -2.35. The minimum absolute atomic E-state index is 0.250. The zero-order chi connectivity index (χ0) is 14.8. The number of rotatable bonds is 4. The molecule has 0 N–H and O–H groups in total. The van der Waals surface area contributed by atoms with Crippen molar-refractivity contribution in [2.45, 2.75) is 38.9 Å². The summed E-state index contributed by atoms with van der Waals surface area (Å²) in [5.41, 5.74) is 1.10. The van der Waals surface area contributed by atoms with Crippen LogP contribution in [-0.4, -0.2) is 21.7 Å². The Morgan fingerprint density at radius 2 is 1.90 bits per heavy atom. The molecule has 1 aromatic carbocycles. The van der Waals surface area contributed by atoms with Crippen LogP contribution in [0.5, 0.6) is 11.5 Å². The molecule has 1 aromatic rings. The van der Waals surface area contributed by atoms with Gasteiger partial charge in [-0.1, -0.05) is 39.0 Å². The highest BCUT2D eigenvalue weighted by molar-refractivity contribution is 6.74. The van der Waals surface area contributed by atoms with Crippen molar-refractivity contribution in [3.05, 3.63) is 29.8 Å². The Morgan fingerprint density at radius 1 is 1.20 bits per heavy atom. The molecule has 0 saturated carbocycles. The molecule has 0 radical (unpaired) electrons. The molecule has 110 valence electrons. The Morgan fingerprint density at radius 3 is 2.60 bits per heavy atom. The third kappa shape index (κ3) is 3.44. The summed E-state index contributed by atoms with van der Waals surface area (Å²) in [4.78, 5) is 0. The van der Waals surface area contributed by atoms with E-state index in [1.54, 1.807) is 0 Å². The van der Waals surface area contributed by atoms with E-state index < -0.39 is 8.32 Å². The molecular formula is C16H24O3Si. The second-order valence-corrected chi connectivity index (χ2v) is 11.4. The van der Waals surface area contributed by atoms with Crippen molar-refractivity contribution in [3.8, 4) is 11.5 Å². The maximum Gasteiger partial charge on any atom is 0.231 e. The SMILES string of the molecule is CC(C)(C)[Si](C)(C)OC/C=C/c1ccc2c(c1)OCO2. The molecule has 0 fully saturated rings. The maximum atomic E-state index is 6.10. The number of ether oxygens (including phenoxy) is 2. The highest BCUT2D eigenvalue weighted by Crippen LogP contribution is 2.36. The van der Waals surface area contributed by atoms with E-state index in [1.165, 1.54) is 0 Å². The molecule has 20 heavy (non-hydrogen) atoms. The summed E-state index contributed by atoms with van der Waals surface area (Å²) in [6.45, 7) is 12.3. The van der Waals surface area contributed by atoms with Gasteiger partial charge in [-0.05, 0) is 35.8 Å². The zero-order valence-corrected chi connectivity index (χ0v) is 14.0. The van der Waals surface area contributed by atoms with Crippen molar-refractivity contribution >= 4 is 14.4 Å². The largest absolute Gasteiger partial charge is 0.454 e. The first kappa shape index (κ1) is 15.1. The molecule has 1 aliphatic rings. The molecule has 2 rings (SSSR count). The third-order valence-corrected chi connectivity index (χ3v) is 8.55. The molecule has 0 aliphatic carbocycles. The summed E-state index contributed by atoms with van der Waals surface area (Å²) in [7, 11) is -1.66. The molecule has 0 saturated heterocycles. The topological polar surface area (TPSA) is 27.7 Å². The van der Waals surface area contributed by atoms with Crippen LogP contribution in [0.15, 0.2) is 24.3 Å². The Bertz CT molecular complexity index is 501. The molecule has 0 unspecified atom stereocenters. The summed E-state index contributed by atoms with van der Waals surface area (Å²) in [5.74, 6) is 1.64. The van der Waals surface area contributed by atoms with Gasteiger partial charge in [-0.3, -0.25) is 0 Å². The average molecular weight is 292 g/mol. The van der Waals surface area contributed by atoms with Gasteiger partial charge < -0.3 is 13.9 Å². The molecule has 0 amide bonds. The highest BCUT2D eigenvalue weighted by atomic mass is 28.4. The predicted molar refractivity (Wildman–Crippen MR) is 84.7 cm³/mol. The minimum Gasteiger partial charge on any atom is -0.454 e. The van der Waals surface area contributed by atoms with Crippen LogP contribution in [0.2, 0.25) is 18.1 Å². The minimum atomic E-state index is -1.66. The molecule has 4 heteroatoms. The number of hydrogen-bond donors (Lipinski definition) is 0. The van der Waals surface area contributed by atoms with Gasteiger partial charge in [0.15, 0.2) is 19.8 Å². The zero-order valence-electron chi connectivity index (χ0n) is 13.0. The van der Waals surface area contributed by atoms with Crippen molar-refractivity contribution in [1.29, 1.82) is 0 Å². The molecule has 0 bridgehead atoms. The van der Waals surface area contributed by atoms with E-state index in [9.17, 15) is 0 Å². The summed E-state index contributed by atoms with van der Waals surface area (Å²) in [6.07, 6.45) is 4.13. The van der Waals surface area contributed by atoms with Gasteiger partial charge in [-0.25, -0.2) is 0 Å². The van der Waals surface area contributed by atoms with Gasteiger partial charge in [0.1, 0.15) is 0 Å². The second kappa shape index (κ2) is 5.62. The molecule has 0 spiro atoms. The van der Waals surface area contributed by atoms with E-state index in [1.807, 2.05) is 18.2 Å². The Balaban J connectivity index is 1.91. The molecular weight excluding hydrogens is 268 g/mol. The van der Waals surface area contributed by atoms with Crippen molar-refractivity contribution in [1.82, 2.24) is 0 Å². The van der Waals surface area contributed by atoms with Gasteiger partial charge in [0.05, 0.1) is 6.61 Å². The number of fused-ring (bicyclic) bond motifs is 1. The lowest BCUT2D eigenvalue weighted by atomic mass is 10.2. The fourth-order valence-electron chi connectivity index (χ4n) is 1.67. The average Bonchev–Trinajstić information content (AvgIpc) is 2.80. The van der Waals surface area contributed by atoms with Crippen LogP contribution in [-0.2, 0) is 4.43 Å². The second-order valence-electron chi connectivity index (χ2n) is 6.59. The molecule has 1 heterocycles. The summed E-state index contributed by atoms with van der Waals surface area (Å²) in [6, 6.07) is 5.96. The fraction of sp³-hybridized carbons (Fsp3) is 0.500. The van der Waals surface area contributed by atoms with Gasteiger partial charge in [-0.2, -0.15) is 0 Å². The normalized spacial score (nSPS) is 15.1. The van der Waals surface area contributed by atoms with E-state index in [0.717, 1.165) is 17.1 Å². The Labute approximate surface area is 122 Å². The quantitative estimate of drug-likeness (QED) is 0.767. The lowest BCUT2D eigenvalue weighted by Crippen LogP contribution is -2.40. The first-order valence-electron chi connectivity index (χ1n) is 7.00. The van der Waals surface area contributed by atoms with E-state index >= 15 is 0 Å². The standard InChI is InChI=1S/C16H24O3Si/c1-16(2,3)20(4,5)19-10-6-7-13-8-9-14-15(11-13)18-12-17-14/h6-9,11H,10,12H2,1-5H3/b7-6+. The van der Waals surface area contributed by atoms with Crippen LogP contribution >= 0.6 is 0 Å². The van der Waals surface area contributed by atoms with Crippen LogP contribution in [0.4, 0.5) is 0 Å². The molecule has 3 nitrogen and oxygen atoms in total. The highest BCUT2D eigenvalue weighted by Gasteiger charge is 2.36. The first-order chi connectivity index (χ1) is 9.29.